The highest BCUT2D eigenvalue weighted by Gasteiger charge is 2.25. The van der Waals surface area contributed by atoms with E-state index in [9.17, 15) is 9.59 Å². The smallest absolute Gasteiger partial charge is 0.321 e. The number of hydrogen-bond donors (Lipinski definition) is 1. The van der Waals surface area contributed by atoms with Gasteiger partial charge in [-0.2, -0.15) is 0 Å². The largest absolute Gasteiger partial charge is 0.376 e. The lowest BCUT2D eigenvalue weighted by atomic mass is 10.2. The van der Waals surface area contributed by atoms with Crippen molar-refractivity contribution in [1.29, 1.82) is 0 Å². The number of amides is 3. The summed E-state index contributed by atoms with van der Waals surface area (Å²) in [5.74, 6) is 0.289. The molecule has 3 heterocycles. The number of piperazine rings is 1. The summed E-state index contributed by atoms with van der Waals surface area (Å²) in [7, 11) is 0. The van der Waals surface area contributed by atoms with Crippen molar-refractivity contribution >= 4 is 29.4 Å². The van der Waals surface area contributed by atoms with Gasteiger partial charge in [-0.05, 0) is 35.4 Å². The van der Waals surface area contributed by atoms with E-state index in [0.717, 1.165) is 25.1 Å². The standard InChI is InChI=1S/C19H25N7O3S/c27-17(14-30-19-21-22-23-26(19)13-16-7-4-12-29-16)24-8-10-25(11-9-24)18(28)20-15-5-2-1-3-6-15/h1-3,5-6,16H,4,7-14H2,(H,20,28). The first-order valence-corrected chi connectivity index (χ1v) is 11.1. The molecule has 0 spiro atoms. The van der Waals surface area contributed by atoms with E-state index in [4.69, 9.17) is 4.74 Å². The average molecular weight is 432 g/mol. The predicted molar refractivity (Wildman–Crippen MR) is 111 cm³/mol. The van der Waals surface area contributed by atoms with Crippen LogP contribution >= 0.6 is 11.8 Å². The van der Waals surface area contributed by atoms with Gasteiger partial charge in [0.05, 0.1) is 18.4 Å². The Bertz CT molecular complexity index is 849. The van der Waals surface area contributed by atoms with Crippen molar-refractivity contribution < 1.29 is 14.3 Å². The summed E-state index contributed by atoms with van der Waals surface area (Å²) in [5.41, 5.74) is 0.762. The Balaban J connectivity index is 1.21. The molecule has 0 aliphatic carbocycles. The molecule has 1 aromatic heterocycles. The van der Waals surface area contributed by atoms with Crippen LogP contribution < -0.4 is 5.32 Å². The maximum atomic E-state index is 12.6. The fourth-order valence-electron chi connectivity index (χ4n) is 3.50. The number of nitrogens with zero attached hydrogens (tertiary/aromatic N) is 6. The van der Waals surface area contributed by atoms with E-state index >= 15 is 0 Å². The normalized spacial score (nSPS) is 19.1. The highest BCUT2D eigenvalue weighted by atomic mass is 32.2. The van der Waals surface area contributed by atoms with Gasteiger partial charge in [0.2, 0.25) is 11.1 Å². The predicted octanol–water partition coefficient (Wildman–Crippen LogP) is 1.32. The van der Waals surface area contributed by atoms with Gasteiger partial charge in [0, 0.05) is 38.5 Å². The maximum absolute atomic E-state index is 12.6. The Morgan fingerprint density at radius 1 is 1.13 bits per heavy atom. The SMILES string of the molecule is O=C(CSc1nnnn1CC1CCCO1)N1CCN(C(=O)Nc2ccccc2)CC1. The van der Waals surface area contributed by atoms with Crippen LogP contribution in [0.25, 0.3) is 0 Å². The average Bonchev–Trinajstić information content (AvgIpc) is 3.45. The number of ether oxygens (including phenoxy) is 1. The van der Waals surface area contributed by atoms with Crippen molar-refractivity contribution in [3.8, 4) is 0 Å². The van der Waals surface area contributed by atoms with E-state index in [2.05, 4.69) is 20.8 Å². The third kappa shape index (κ3) is 5.28. The van der Waals surface area contributed by atoms with Gasteiger partial charge < -0.3 is 19.9 Å². The summed E-state index contributed by atoms with van der Waals surface area (Å²) >= 11 is 1.33. The first-order valence-electron chi connectivity index (χ1n) is 10.1. The van der Waals surface area contributed by atoms with Crippen LogP contribution in [0.5, 0.6) is 0 Å². The number of anilines is 1. The number of hydrogen-bond acceptors (Lipinski definition) is 7. The molecule has 30 heavy (non-hydrogen) atoms. The van der Waals surface area contributed by atoms with Crippen molar-refractivity contribution in [2.75, 3.05) is 43.9 Å². The molecule has 1 N–H and O–H groups in total. The highest BCUT2D eigenvalue weighted by molar-refractivity contribution is 7.99. The fourth-order valence-corrected chi connectivity index (χ4v) is 4.29. The van der Waals surface area contributed by atoms with Gasteiger partial charge in [0.1, 0.15) is 0 Å². The molecule has 3 amide bonds. The molecule has 2 fully saturated rings. The van der Waals surface area contributed by atoms with Crippen molar-refractivity contribution in [1.82, 2.24) is 30.0 Å². The van der Waals surface area contributed by atoms with Gasteiger partial charge in [-0.1, -0.05) is 30.0 Å². The lowest BCUT2D eigenvalue weighted by molar-refractivity contribution is -0.129. The highest BCUT2D eigenvalue weighted by Crippen LogP contribution is 2.19. The number of nitrogens with one attached hydrogen (secondary N) is 1. The minimum atomic E-state index is -0.143. The number of tetrazole rings is 1. The molecular formula is C19H25N7O3S. The lowest BCUT2D eigenvalue weighted by Crippen LogP contribution is -2.52. The van der Waals surface area contributed by atoms with Crippen LogP contribution in [0, 0.1) is 0 Å². The molecule has 1 aromatic carbocycles. The summed E-state index contributed by atoms with van der Waals surface area (Å²) in [6.07, 6.45) is 2.20. The Morgan fingerprint density at radius 2 is 1.90 bits per heavy atom. The second kappa shape index (κ2) is 9.90. The van der Waals surface area contributed by atoms with Gasteiger partial charge in [0.25, 0.3) is 0 Å². The summed E-state index contributed by atoms with van der Waals surface area (Å²) in [6, 6.07) is 9.21. The number of aromatic nitrogens is 4. The minimum Gasteiger partial charge on any atom is -0.376 e. The Morgan fingerprint density at radius 3 is 2.63 bits per heavy atom. The second-order valence-electron chi connectivity index (χ2n) is 7.23. The van der Waals surface area contributed by atoms with Gasteiger partial charge in [0.15, 0.2) is 0 Å². The van der Waals surface area contributed by atoms with Gasteiger partial charge >= 0.3 is 6.03 Å². The summed E-state index contributed by atoms with van der Waals surface area (Å²) in [4.78, 5) is 28.5. The molecular weight excluding hydrogens is 406 g/mol. The molecule has 4 rings (SSSR count). The number of benzene rings is 1. The monoisotopic (exact) mass is 431 g/mol. The summed E-state index contributed by atoms with van der Waals surface area (Å²) < 4.78 is 7.34. The van der Waals surface area contributed by atoms with Crippen molar-refractivity contribution in [3.63, 3.8) is 0 Å². The van der Waals surface area contributed by atoms with Gasteiger partial charge in [-0.3, -0.25) is 4.79 Å². The number of carbonyl (C=O) groups is 2. The second-order valence-corrected chi connectivity index (χ2v) is 8.17. The van der Waals surface area contributed by atoms with E-state index < -0.39 is 0 Å². The summed E-state index contributed by atoms with van der Waals surface area (Å²) in [6.45, 7) is 3.43. The molecule has 2 saturated heterocycles. The van der Waals surface area contributed by atoms with Crippen LogP contribution in [0.2, 0.25) is 0 Å². The van der Waals surface area contributed by atoms with E-state index in [1.54, 1.807) is 14.5 Å². The first-order chi connectivity index (χ1) is 14.7. The quantitative estimate of drug-likeness (QED) is 0.688. The van der Waals surface area contributed by atoms with Crippen LogP contribution in [0.1, 0.15) is 12.8 Å². The zero-order chi connectivity index (χ0) is 20.8. The Hall–Kier alpha value is -2.66. The van der Waals surface area contributed by atoms with Crippen LogP contribution in [0.3, 0.4) is 0 Å². The number of rotatable bonds is 6. The van der Waals surface area contributed by atoms with Crippen LogP contribution in [-0.4, -0.2) is 86.6 Å². The molecule has 1 unspecified atom stereocenters. The number of para-hydroxylation sites is 1. The molecule has 1 atom stereocenters. The summed E-state index contributed by atoms with van der Waals surface area (Å²) in [5, 5.41) is 15.3. The lowest BCUT2D eigenvalue weighted by Gasteiger charge is -2.34. The molecule has 0 radical (unpaired) electrons. The van der Waals surface area contributed by atoms with Crippen LogP contribution in [0.4, 0.5) is 10.5 Å². The van der Waals surface area contributed by atoms with E-state index in [-0.39, 0.29) is 23.8 Å². The molecule has 160 valence electrons. The fraction of sp³-hybridized carbons (Fsp3) is 0.526. The molecule has 10 nitrogen and oxygen atoms in total. The molecule has 2 aromatic rings. The van der Waals surface area contributed by atoms with Crippen molar-refractivity contribution in [2.24, 2.45) is 0 Å². The third-order valence-electron chi connectivity index (χ3n) is 5.17. The van der Waals surface area contributed by atoms with E-state index in [1.807, 2.05) is 30.3 Å². The van der Waals surface area contributed by atoms with Crippen molar-refractivity contribution in [3.05, 3.63) is 30.3 Å². The number of urea groups is 1. The van der Waals surface area contributed by atoms with Crippen LogP contribution in [-0.2, 0) is 16.1 Å². The Kier molecular flexibility index (Phi) is 6.80. The number of thioether (sulfide) groups is 1. The third-order valence-corrected chi connectivity index (χ3v) is 6.11. The van der Waals surface area contributed by atoms with Gasteiger partial charge in [-0.15, -0.1) is 5.10 Å². The van der Waals surface area contributed by atoms with E-state index in [0.29, 0.717) is 37.9 Å². The minimum absolute atomic E-state index is 0.0229. The molecule has 11 heteroatoms. The zero-order valence-corrected chi connectivity index (χ0v) is 17.5. The molecule has 2 aliphatic heterocycles. The zero-order valence-electron chi connectivity index (χ0n) is 16.6. The van der Waals surface area contributed by atoms with Crippen LogP contribution in [0.15, 0.2) is 35.5 Å². The Labute approximate surface area is 178 Å². The van der Waals surface area contributed by atoms with Crippen molar-refractivity contribution in [2.45, 2.75) is 30.6 Å². The number of carbonyl (C=O) groups excluding carboxylic acids is 2. The molecule has 2 aliphatic rings. The van der Waals surface area contributed by atoms with E-state index in [1.165, 1.54) is 11.8 Å². The van der Waals surface area contributed by atoms with Gasteiger partial charge in [-0.25, -0.2) is 9.48 Å². The topological polar surface area (TPSA) is 105 Å². The maximum Gasteiger partial charge on any atom is 0.321 e. The first kappa shape index (κ1) is 20.6. The molecule has 0 bridgehead atoms. The molecule has 0 saturated carbocycles.